The second-order valence-corrected chi connectivity index (χ2v) is 11.0. The summed E-state index contributed by atoms with van der Waals surface area (Å²) in [4.78, 5) is 0. The summed E-state index contributed by atoms with van der Waals surface area (Å²) in [5.41, 5.74) is 16.8. The minimum atomic E-state index is 1.16. The minimum Gasteiger partial charge on any atom is -0.310 e. The van der Waals surface area contributed by atoms with E-state index in [0.29, 0.717) is 0 Å². The standard InChI is InChI=1S/C36H32N2/c1-5-13-33-29(9-1)30-10-2-6-14-34(30)37(33)27-21-17-25(18-22-27)26-19-23-28(24-20-26)38-35-15-7-3-11-31(35)32-12-4-8-16-36(32)38/h5-8,13-24H,1-4,9-12H2. The molecular weight excluding hydrogens is 460 g/mol. The Morgan fingerprint density at radius 2 is 0.658 bits per heavy atom. The molecule has 2 aromatic heterocycles. The minimum absolute atomic E-state index is 1.16. The number of aromatic nitrogens is 2. The average molecular weight is 493 g/mol. The van der Waals surface area contributed by atoms with Crippen molar-refractivity contribution in [2.75, 3.05) is 0 Å². The van der Waals surface area contributed by atoms with Gasteiger partial charge in [0.15, 0.2) is 0 Å². The maximum Gasteiger partial charge on any atom is 0.0494 e. The summed E-state index contributed by atoms with van der Waals surface area (Å²) >= 11 is 0. The Balaban J connectivity index is 1.15. The molecule has 4 aliphatic rings. The van der Waals surface area contributed by atoms with Gasteiger partial charge in [0.2, 0.25) is 0 Å². The molecule has 2 heterocycles. The second-order valence-electron chi connectivity index (χ2n) is 11.0. The van der Waals surface area contributed by atoms with E-state index in [2.05, 4.69) is 106 Å². The quantitative estimate of drug-likeness (QED) is 0.270. The highest BCUT2D eigenvalue weighted by Gasteiger charge is 2.24. The predicted molar refractivity (Wildman–Crippen MR) is 160 cm³/mol. The van der Waals surface area contributed by atoms with Gasteiger partial charge >= 0.3 is 0 Å². The van der Waals surface area contributed by atoms with Crippen LogP contribution in [0.4, 0.5) is 0 Å². The van der Waals surface area contributed by atoms with E-state index in [1.807, 2.05) is 0 Å². The van der Waals surface area contributed by atoms with E-state index in [1.165, 1.54) is 71.0 Å². The van der Waals surface area contributed by atoms with Crippen molar-refractivity contribution in [3.8, 4) is 22.5 Å². The first-order chi connectivity index (χ1) is 18.9. The first-order valence-electron chi connectivity index (χ1n) is 14.3. The van der Waals surface area contributed by atoms with Gasteiger partial charge in [0.1, 0.15) is 0 Å². The Labute approximate surface area is 224 Å². The van der Waals surface area contributed by atoms with Gasteiger partial charge in [-0.15, -0.1) is 0 Å². The molecule has 0 bridgehead atoms. The van der Waals surface area contributed by atoms with Crippen LogP contribution in [-0.2, 0) is 25.7 Å². The van der Waals surface area contributed by atoms with Gasteiger partial charge in [-0.1, -0.05) is 48.6 Å². The lowest BCUT2D eigenvalue weighted by Gasteiger charge is -2.15. The van der Waals surface area contributed by atoms with Gasteiger partial charge in [-0.25, -0.2) is 0 Å². The van der Waals surface area contributed by atoms with Crippen molar-refractivity contribution in [2.24, 2.45) is 0 Å². The number of rotatable bonds is 3. The van der Waals surface area contributed by atoms with Crippen LogP contribution in [0.15, 0.2) is 72.8 Å². The Bertz CT molecular complexity index is 1470. The molecular formula is C36H32N2. The topological polar surface area (TPSA) is 9.86 Å². The number of hydrogen-bond donors (Lipinski definition) is 0. The molecule has 0 saturated carbocycles. The molecule has 0 unspecified atom stereocenters. The van der Waals surface area contributed by atoms with Gasteiger partial charge in [-0.2, -0.15) is 0 Å². The van der Waals surface area contributed by atoms with Crippen LogP contribution in [0.1, 0.15) is 70.7 Å². The molecule has 2 heteroatoms. The van der Waals surface area contributed by atoms with E-state index in [9.17, 15) is 0 Å². The lowest BCUT2D eigenvalue weighted by atomic mass is 9.94. The molecule has 0 saturated heterocycles. The largest absolute Gasteiger partial charge is 0.310 e. The van der Waals surface area contributed by atoms with Crippen molar-refractivity contribution in [3.05, 3.63) is 118 Å². The van der Waals surface area contributed by atoms with Crippen LogP contribution in [-0.4, -0.2) is 9.13 Å². The molecule has 38 heavy (non-hydrogen) atoms. The van der Waals surface area contributed by atoms with E-state index >= 15 is 0 Å². The van der Waals surface area contributed by atoms with Gasteiger partial charge < -0.3 is 9.13 Å². The van der Waals surface area contributed by atoms with Crippen molar-refractivity contribution in [1.82, 2.24) is 9.13 Å². The Kier molecular flexibility index (Phi) is 5.07. The molecule has 0 fully saturated rings. The summed E-state index contributed by atoms with van der Waals surface area (Å²) in [5.74, 6) is 0. The molecule has 0 radical (unpaired) electrons. The summed E-state index contributed by atoms with van der Waals surface area (Å²) in [6.45, 7) is 0. The first-order valence-corrected chi connectivity index (χ1v) is 14.3. The zero-order valence-electron chi connectivity index (χ0n) is 21.8. The van der Waals surface area contributed by atoms with Crippen LogP contribution in [0.2, 0.25) is 0 Å². The smallest absolute Gasteiger partial charge is 0.0494 e. The third-order valence-corrected chi connectivity index (χ3v) is 8.86. The third-order valence-electron chi connectivity index (χ3n) is 8.86. The molecule has 186 valence electrons. The molecule has 0 atom stereocenters. The summed E-state index contributed by atoms with van der Waals surface area (Å²) in [7, 11) is 0. The van der Waals surface area contributed by atoms with Crippen LogP contribution < -0.4 is 0 Å². The molecule has 0 amide bonds. The maximum absolute atomic E-state index is 2.47. The molecule has 2 aromatic carbocycles. The van der Waals surface area contributed by atoms with Crippen molar-refractivity contribution < 1.29 is 0 Å². The van der Waals surface area contributed by atoms with Crippen LogP contribution in [0, 0.1) is 0 Å². The highest BCUT2D eigenvalue weighted by atomic mass is 15.0. The second kappa shape index (κ2) is 8.77. The van der Waals surface area contributed by atoms with Crippen LogP contribution in [0.5, 0.6) is 0 Å². The maximum atomic E-state index is 2.47. The van der Waals surface area contributed by atoms with Crippen molar-refractivity contribution in [2.45, 2.75) is 51.4 Å². The number of fused-ring (bicyclic) bond motifs is 6. The zero-order valence-corrected chi connectivity index (χ0v) is 21.8. The summed E-state index contributed by atoms with van der Waals surface area (Å²) in [6.07, 6.45) is 27.9. The van der Waals surface area contributed by atoms with Gasteiger partial charge in [-0.05, 0) is 133 Å². The zero-order chi connectivity index (χ0) is 25.1. The fraction of sp³-hybridized carbons (Fsp3) is 0.222. The van der Waals surface area contributed by atoms with E-state index in [-0.39, 0.29) is 0 Å². The number of allylic oxidation sites excluding steroid dienone is 4. The van der Waals surface area contributed by atoms with E-state index < -0.39 is 0 Å². The average Bonchev–Trinajstić information content (AvgIpc) is 3.51. The molecule has 8 rings (SSSR count). The molecule has 2 nitrogen and oxygen atoms in total. The van der Waals surface area contributed by atoms with Crippen molar-refractivity contribution in [3.63, 3.8) is 0 Å². The Morgan fingerprint density at radius 1 is 0.368 bits per heavy atom. The molecule has 4 aromatic rings. The van der Waals surface area contributed by atoms with Crippen LogP contribution >= 0.6 is 0 Å². The lowest BCUT2D eigenvalue weighted by Crippen LogP contribution is -2.02. The molecule has 4 aliphatic carbocycles. The highest BCUT2D eigenvalue weighted by molar-refractivity contribution is 5.73. The monoisotopic (exact) mass is 492 g/mol. The van der Waals surface area contributed by atoms with Crippen LogP contribution in [0.3, 0.4) is 0 Å². The van der Waals surface area contributed by atoms with Gasteiger partial charge in [0.05, 0.1) is 0 Å². The highest BCUT2D eigenvalue weighted by Crippen LogP contribution is 2.38. The van der Waals surface area contributed by atoms with E-state index in [0.717, 1.165) is 25.7 Å². The predicted octanol–water partition coefficient (Wildman–Crippen LogP) is 8.77. The summed E-state index contributed by atoms with van der Waals surface area (Å²) in [6, 6.07) is 18.3. The van der Waals surface area contributed by atoms with Gasteiger partial charge in [0.25, 0.3) is 0 Å². The van der Waals surface area contributed by atoms with Crippen LogP contribution in [0.25, 0.3) is 46.8 Å². The normalized spacial score (nSPS) is 16.7. The number of benzene rings is 2. The molecule has 0 aliphatic heterocycles. The SMILES string of the molecule is C1=Cc2c(c3c(n2-c2ccc(-c4ccc(-n5c6c(c7c5C=CCC7)CCC=C6)cc4)cc2)C=CCC3)CC1. The lowest BCUT2D eigenvalue weighted by molar-refractivity contribution is 0.922. The number of nitrogens with zero attached hydrogens (tertiary/aromatic N) is 2. The third kappa shape index (κ3) is 3.33. The first kappa shape index (κ1) is 22.0. The summed E-state index contributed by atoms with van der Waals surface area (Å²) < 4.78 is 4.95. The number of hydrogen-bond acceptors (Lipinski definition) is 0. The van der Waals surface area contributed by atoms with Crippen molar-refractivity contribution in [1.29, 1.82) is 0 Å². The van der Waals surface area contributed by atoms with Gasteiger partial charge in [0, 0.05) is 34.2 Å². The molecule has 0 N–H and O–H groups in total. The van der Waals surface area contributed by atoms with E-state index in [1.54, 1.807) is 22.3 Å². The van der Waals surface area contributed by atoms with Crippen molar-refractivity contribution >= 4 is 24.3 Å². The Morgan fingerprint density at radius 3 is 0.947 bits per heavy atom. The fourth-order valence-corrected chi connectivity index (χ4v) is 7.09. The van der Waals surface area contributed by atoms with E-state index in [4.69, 9.17) is 0 Å². The molecule has 0 spiro atoms. The Hall–Kier alpha value is -4.04. The summed E-state index contributed by atoms with van der Waals surface area (Å²) in [5, 5.41) is 0. The fourth-order valence-electron chi connectivity index (χ4n) is 7.09. The van der Waals surface area contributed by atoms with Gasteiger partial charge in [-0.3, -0.25) is 0 Å².